The molecule has 106 valence electrons. The van der Waals surface area contributed by atoms with Crippen LogP contribution >= 0.6 is 11.6 Å². The summed E-state index contributed by atoms with van der Waals surface area (Å²) in [6.45, 7) is 4.75. The summed E-state index contributed by atoms with van der Waals surface area (Å²) in [5.74, 6) is -0.692. The summed E-state index contributed by atoms with van der Waals surface area (Å²) < 4.78 is 1.87. The second kappa shape index (κ2) is 5.53. The first-order valence-corrected chi connectivity index (χ1v) is 7.39. The lowest BCUT2D eigenvalue weighted by molar-refractivity contribution is -0.148. The molecule has 1 N–H and O–H groups in total. The minimum Gasteiger partial charge on any atom is -0.481 e. The summed E-state index contributed by atoms with van der Waals surface area (Å²) in [5, 5.41) is 14.7. The van der Waals surface area contributed by atoms with E-state index in [-0.39, 0.29) is 0 Å². The molecule has 1 saturated carbocycles. The molecule has 0 aliphatic heterocycles. The van der Waals surface area contributed by atoms with E-state index in [4.69, 9.17) is 11.6 Å². The van der Waals surface area contributed by atoms with Crippen molar-refractivity contribution >= 4 is 17.6 Å². The molecule has 4 nitrogen and oxygen atoms in total. The van der Waals surface area contributed by atoms with Gasteiger partial charge in [-0.1, -0.05) is 31.4 Å². The van der Waals surface area contributed by atoms with Gasteiger partial charge in [-0.3, -0.25) is 9.48 Å². The van der Waals surface area contributed by atoms with E-state index >= 15 is 0 Å². The van der Waals surface area contributed by atoms with Gasteiger partial charge in [-0.2, -0.15) is 5.10 Å². The molecule has 1 aromatic heterocycles. The van der Waals surface area contributed by atoms with Crippen LogP contribution in [0.5, 0.6) is 0 Å². The maximum absolute atomic E-state index is 11.6. The highest BCUT2D eigenvalue weighted by Crippen LogP contribution is 2.42. The number of nitrogens with zero attached hydrogens (tertiary/aromatic N) is 2. The van der Waals surface area contributed by atoms with E-state index < -0.39 is 11.4 Å². The SMILES string of the molecule is CCc1nn(CC)c(CC2(C(=O)O)CCCC2)c1Cl. The maximum atomic E-state index is 11.6. The van der Waals surface area contributed by atoms with Crippen LogP contribution in [0, 0.1) is 5.41 Å². The van der Waals surface area contributed by atoms with Gasteiger partial charge in [-0.25, -0.2) is 0 Å². The molecule has 2 rings (SSSR count). The van der Waals surface area contributed by atoms with Crippen molar-refractivity contribution in [3.63, 3.8) is 0 Å². The van der Waals surface area contributed by atoms with Gasteiger partial charge in [0.1, 0.15) is 0 Å². The standard InChI is InChI=1S/C14H21ClN2O2/c1-3-10-12(15)11(17(4-2)16-10)9-14(13(18)19)7-5-6-8-14/h3-9H2,1-2H3,(H,18,19). The first kappa shape index (κ1) is 14.4. The summed E-state index contributed by atoms with van der Waals surface area (Å²) in [5.41, 5.74) is 1.13. The molecule has 1 aliphatic carbocycles. The molecule has 1 aliphatic rings. The van der Waals surface area contributed by atoms with E-state index in [1.165, 1.54) is 0 Å². The Morgan fingerprint density at radius 1 is 1.42 bits per heavy atom. The predicted octanol–water partition coefficient (Wildman–Crippen LogP) is 3.31. The zero-order chi connectivity index (χ0) is 14.0. The van der Waals surface area contributed by atoms with Crippen LogP contribution in [-0.4, -0.2) is 20.9 Å². The molecular weight excluding hydrogens is 264 g/mol. The van der Waals surface area contributed by atoms with Crippen molar-refractivity contribution in [1.82, 2.24) is 9.78 Å². The van der Waals surface area contributed by atoms with Gasteiger partial charge in [0.15, 0.2) is 0 Å². The van der Waals surface area contributed by atoms with Crippen LogP contribution in [0.15, 0.2) is 0 Å². The topological polar surface area (TPSA) is 55.1 Å². The quantitative estimate of drug-likeness (QED) is 0.902. The first-order chi connectivity index (χ1) is 9.04. The Labute approximate surface area is 118 Å². The van der Waals surface area contributed by atoms with Crippen LogP contribution < -0.4 is 0 Å². The van der Waals surface area contributed by atoms with Gasteiger partial charge < -0.3 is 5.11 Å². The average molecular weight is 285 g/mol. The molecule has 5 heteroatoms. The highest BCUT2D eigenvalue weighted by Gasteiger charge is 2.42. The fourth-order valence-corrected chi connectivity index (χ4v) is 3.36. The van der Waals surface area contributed by atoms with Crippen molar-refractivity contribution < 1.29 is 9.90 Å². The Hall–Kier alpha value is -1.03. The lowest BCUT2D eigenvalue weighted by Gasteiger charge is -2.24. The van der Waals surface area contributed by atoms with Gasteiger partial charge in [0.2, 0.25) is 0 Å². The van der Waals surface area contributed by atoms with Crippen molar-refractivity contribution in [2.24, 2.45) is 5.41 Å². The fourth-order valence-electron chi connectivity index (χ4n) is 3.02. The third-order valence-electron chi connectivity index (χ3n) is 4.21. The zero-order valence-electron chi connectivity index (χ0n) is 11.6. The van der Waals surface area contributed by atoms with E-state index in [0.29, 0.717) is 11.4 Å². The van der Waals surface area contributed by atoms with E-state index in [9.17, 15) is 9.90 Å². The first-order valence-electron chi connectivity index (χ1n) is 7.01. The number of hydrogen-bond donors (Lipinski definition) is 1. The minimum atomic E-state index is -0.692. The lowest BCUT2D eigenvalue weighted by atomic mass is 9.81. The number of carbonyl (C=O) groups is 1. The van der Waals surface area contributed by atoms with E-state index in [2.05, 4.69) is 5.10 Å². The van der Waals surface area contributed by atoms with Crippen LogP contribution in [0.2, 0.25) is 5.02 Å². The van der Waals surface area contributed by atoms with Crippen molar-refractivity contribution in [1.29, 1.82) is 0 Å². The number of aromatic nitrogens is 2. The van der Waals surface area contributed by atoms with Crippen LogP contribution in [-0.2, 0) is 24.2 Å². The average Bonchev–Trinajstić information content (AvgIpc) is 2.97. The molecule has 19 heavy (non-hydrogen) atoms. The third-order valence-corrected chi connectivity index (χ3v) is 4.65. The molecule has 0 amide bonds. The Kier molecular flexibility index (Phi) is 4.19. The lowest BCUT2D eigenvalue weighted by Crippen LogP contribution is -2.31. The van der Waals surface area contributed by atoms with Crippen molar-refractivity contribution in [3.05, 3.63) is 16.4 Å². The second-order valence-electron chi connectivity index (χ2n) is 5.35. The molecule has 0 aromatic carbocycles. The number of aliphatic carboxylic acids is 1. The van der Waals surface area contributed by atoms with Crippen molar-refractivity contribution in [2.45, 2.75) is 58.9 Å². The van der Waals surface area contributed by atoms with Gasteiger partial charge in [-0.15, -0.1) is 0 Å². The number of carboxylic acids is 1. The van der Waals surface area contributed by atoms with Crippen molar-refractivity contribution in [3.8, 4) is 0 Å². The summed E-state index contributed by atoms with van der Waals surface area (Å²) in [6.07, 6.45) is 4.75. The van der Waals surface area contributed by atoms with Crippen molar-refractivity contribution in [2.75, 3.05) is 0 Å². The fraction of sp³-hybridized carbons (Fsp3) is 0.714. The third kappa shape index (κ3) is 2.50. The molecule has 1 aromatic rings. The molecule has 1 fully saturated rings. The van der Waals surface area contributed by atoms with Crippen LogP contribution in [0.25, 0.3) is 0 Å². The highest BCUT2D eigenvalue weighted by atomic mass is 35.5. The summed E-state index contributed by atoms with van der Waals surface area (Å²) >= 11 is 6.38. The Balaban J connectivity index is 2.36. The number of carboxylic acid groups (broad SMARTS) is 1. The summed E-state index contributed by atoms with van der Waals surface area (Å²) in [6, 6.07) is 0. The highest BCUT2D eigenvalue weighted by molar-refractivity contribution is 6.31. The molecule has 0 bridgehead atoms. The smallest absolute Gasteiger partial charge is 0.310 e. The van der Waals surface area contributed by atoms with E-state index in [0.717, 1.165) is 50.0 Å². The largest absolute Gasteiger partial charge is 0.481 e. The van der Waals surface area contributed by atoms with Gasteiger partial charge in [-0.05, 0) is 26.2 Å². The maximum Gasteiger partial charge on any atom is 0.310 e. The minimum absolute atomic E-state index is 0.502. The van der Waals surface area contributed by atoms with Crippen LogP contribution in [0.4, 0.5) is 0 Å². The molecule has 0 saturated heterocycles. The molecule has 0 atom stereocenters. The van der Waals surface area contributed by atoms with E-state index in [1.807, 2.05) is 18.5 Å². The number of aryl methyl sites for hydroxylation is 2. The Morgan fingerprint density at radius 3 is 2.53 bits per heavy atom. The van der Waals surface area contributed by atoms with Gasteiger partial charge in [0.25, 0.3) is 0 Å². The number of rotatable bonds is 5. The molecular formula is C14H21ClN2O2. The molecule has 0 spiro atoms. The summed E-state index contributed by atoms with van der Waals surface area (Å²) in [7, 11) is 0. The van der Waals surface area contributed by atoms with Crippen LogP contribution in [0.3, 0.4) is 0 Å². The normalized spacial score (nSPS) is 17.8. The Morgan fingerprint density at radius 2 is 2.05 bits per heavy atom. The van der Waals surface area contributed by atoms with Crippen LogP contribution in [0.1, 0.15) is 50.9 Å². The van der Waals surface area contributed by atoms with Gasteiger partial charge in [0.05, 0.1) is 21.8 Å². The summed E-state index contributed by atoms with van der Waals surface area (Å²) in [4.78, 5) is 11.6. The van der Waals surface area contributed by atoms with Gasteiger partial charge >= 0.3 is 5.97 Å². The molecule has 1 heterocycles. The molecule has 0 radical (unpaired) electrons. The van der Waals surface area contributed by atoms with E-state index in [1.54, 1.807) is 0 Å². The monoisotopic (exact) mass is 284 g/mol. The van der Waals surface area contributed by atoms with Gasteiger partial charge in [0, 0.05) is 13.0 Å². The second-order valence-corrected chi connectivity index (χ2v) is 5.72. The molecule has 0 unspecified atom stereocenters. The number of halogens is 1. The Bertz CT molecular complexity index is 476. The zero-order valence-corrected chi connectivity index (χ0v) is 12.3. The number of hydrogen-bond acceptors (Lipinski definition) is 2. The predicted molar refractivity (Wildman–Crippen MR) is 74.5 cm³/mol.